The number of ether oxygens (including phenoxy) is 1. The average Bonchev–Trinajstić information content (AvgIpc) is 2.99. The van der Waals surface area contributed by atoms with Crippen molar-refractivity contribution in [2.75, 3.05) is 19.0 Å². The number of anilines is 1. The molecule has 0 fully saturated rings. The molecule has 0 radical (unpaired) electrons. The van der Waals surface area contributed by atoms with Crippen LogP contribution in [0.2, 0.25) is 0 Å². The lowest BCUT2D eigenvalue weighted by atomic mass is 10.1. The van der Waals surface area contributed by atoms with E-state index in [1.807, 2.05) is 0 Å². The number of H-pyrrole nitrogens is 1. The number of hydrogen-bond acceptors (Lipinski definition) is 5. The van der Waals surface area contributed by atoms with Gasteiger partial charge in [-0.1, -0.05) is 0 Å². The molecule has 0 saturated heterocycles. The van der Waals surface area contributed by atoms with Crippen molar-refractivity contribution in [3.63, 3.8) is 0 Å². The molecule has 1 aliphatic rings. The topological polar surface area (TPSA) is 116 Å². The summed E-state index contributed by atoms with van der Waals surface area (Å²) in [5.41, 5.74) is 2.76. The molecule has 8 nitrogen and oxygen atoms in total. The molecule has 1 aliphatic heterocycles. The third-order valence-corrected chi connectivity index (χ3v) is 3.64. The van der Waals surface area contributed by atoms with Gasteiger partial charge >= 0.3 is 12.1 Å². The van der Waals surface area contributed by atoms with Crippen molar-refractivity contribution in [1.29, 1.82) is 0 Å². The lowest BCUT2D eigenvalue weighted by Crippen LogP contribution is -2.35. The zero-order valence-electron chi connectivity index (χ0n) is 12.4. The number of carbonyl (C=O) groups is 2. The van der Waals surface area contributed by atoms with E-state index in [4.69, 9.17) is 0 Å². The van der Waals surface area contributed by atoms with E-state index in [9.17, 15) is 14.7 Å². The normalized spacial score (nSPS) is 16.5. The Morgan fingerprint density at radius 2 is 2.09 bits per heavy atom. The van der Waals surface area contributed by atoms with Crippen molar-refractivity contribution in [1.82, 2.24) is 15.3 Å². The maximum Gasteiger partial charge on any atom is 0.411 e. The second-order valence-corrected chi connectivity index (χ2v) is 5.12. The molecule has 1 atom stereocenters. The van der Waals surface area contributed by atoms with E-state index in [0.29, 0.717) is 30.2 Å². The van der Waals surface area contributed by atoms with Crippen molar-refractivity contribution >= 4 is 17.7 Å². The first-order chi connectivity index (χ1) is 11.1. The molecular weight excluding hydrogens is 300 g/mol. The van der Waals surface area contributed by atoms with E-state index in [1.54, 1.807) is 24.3 Å². The quantitative estimate of drug-likeness (QED) is 0.682. The summed E-state index contributed by atoms with van der Waals surface area (Å²) < 4.78 is 4.53. The van der Waals surface area contributed by atoms with Gasteiger partial charge in [0, 0.05) is 29.9 Å². The number of rotatable bonds is 3. The molecule has 2 aromatic rings. The van der Waals surface area contributed by atoms with Crippen molar-refractivity contribution < 1.29 is 19.4 Å². The van der Waals surface area contributed by atoms with Gasteiger partial charge in [-0.25, -0.2) is 9.78 Å². The summed E-state index contributed by atoms with van der Waals surface area (Å²) in [5, 5.41) is 14.7. The Balaban J connectivity index is 1.85. The van der Waals surface area contributed by atoms with E-state index < -0.39 is 18.1 Å². The number of methoxy groups -OCH3 is 1. The summed E-state index contributed by atoms with van der Waals surface area (Å²) in [7, 11) is 1.30. The van der Waals surface area contributed by atoms with Crippen LogP contribution in [0.3, 0.4) is 0 Å². The zero-order chi connectivity index (χ0) is 16.4. The Morgan fingerprint density at radius 1 is 1.35 bits per heavy atom. The molecule has 4 N–H and O–H groups in total. The highest BCUT2D eigenvalue weighted by Crippen LogP contribution is 2.26. The molecule has 1 amide bonds. The maximum absolute atomic E-state index is 11.3. The van der Waals surface area contributed by atoms with Crippen LogP contribution in [0.5, 0.6) is 0 Å². The van der Waals surface area contributed by atoms with Crippen molar-refractivity contribution in [2.24, 2.45) is 0 Å². The van der Waals surface area contributed by atoms with Crippen LogP contribution in [-0.4, -0.2) is 40.8 Å². The van der Waals surface area contributed by atoms with Crippen LogP contribution in [0, 0.1) is 0 Å². The third-order valence-electron chi connectivity index (χ3n) is 3.64. The SMILES string of the molecule is COC(=O)Nc1ccc(-c2nc3c([nH]2)CCNC3C(=O)O)cc1. The van der Waals surface area contributed by atoms with E-state index in [1.165, 1.54) is 7.11 Å². The minimum absolute atomic E-state index is 0.524. The number of imidazole rings is 1. The van der Waals surface area contributed by atoms with Gasteiger partial charge in [0.15, 0.2) is 6.04 Å². The molecule has 0 aliphatic carbocycles. The first kappa shape index (κ1) is 15.0. The predicted octanol–water partition coefficient (Wildman–Crippen LogP) is 1.53. The second-order valence-electron chi connectivity index (χ2n) is 5.12. The largest absolute Gasteiger partial charge is 0.480 e. The molecule has 3 rings (SSSR count). The van der Waals surface area contributed by atoms with E-state index in [2.05, 4.69) is 25.3 Å². The number of nitrogens with zero attached hydrogens (tertiary/aromatic N) is 1. The summed E-state index contributed by atoms with van der Waals surface area (Å²) in [5.74, 6) is -0.337. The van der Waals surface area contributed by atoms with Gasteiger partial charge in [-0.3, -0.25) is 15.4 Å². The summed E-state index contributed by atoms with van der Waals surface area (Å²) in [6.45, 7) is 0.591. The highest BCUT2D eigenvalue weighted by Gasteiger charge is 2.29. The minimum Gasteiger partial charge on any atom is -0.480 e. The fourth-order valence-electron chi connectivity index (χ4n) is 2.51. The Bertz CT molecular complexity index is 738. The van der Waals surface area contributed by atoms with Crippen LogP contribution < -0.4 is 10.6 Å². The molecule has 8 heteroatoms. The van der Waals surface area contributed by atoms with Gasteiger partial charge in [-0.05, 0) is 24.3 Å². The molecular formula is C15H16N4O4. The van der Waals surface area contributed by atoms with Gasteiger partial charge in [0.1, 0.15) is 5.82 Å². The summed E-state index contributed by atoms with van der Waals surface area (Å²) in [6, 6.07) is 6.24. The number of aliphatic carboxylic acids is 1. The van der Waals surface area contributed by atoms with Crippen LogP contribution in [0.4, 0.5) is 10.5 Å². The van der Waals surface area contributed by atoms with E-state index in [-0.39, 0.29) is 0 Å². The Hall–Kier alpha value is -2.87. The Labute approximate surface area is 131 Å². The van der Waals surface area contributed by atoms with Crippen LogP contribution in [0.25, 0.3) is 11.4 Å². The lowest BCUT2D eigenvalue weighted by molar-refractivity contribution is -0.139. The Kier molecular flexibility index (Phi) is 3.98. The van der Waals surface area contributed by atoms with Gasteiger partial charge in [0.25, 0.3) is 0 Å². The van der Waals surface area contributed by atoms with Crippen LogP contribution >= 0.6 is 0 Å². The van der Waals surface area contributed by atoms with Crippen LogP contribution in [-0.2, 0) is 16.0 Å². The molecule has 1 aromatic heterocycles. The van der Waals surface area contributed by atoms with Crippen molar-refractivity contribution in [3.8, 4) is 11.4 Å². The van der Waals surface area contributed by atoms with E-state index >= 15 is 0 Å². The first-order valence-corrected chi connectivity index (χ1v) is 7.09. The number of aromatic amines is 1. The fraction of sp³-hybridized carbons (Fsp3) is 0.267. The number of benzene rings is 1. The number of carbonyl (C=O) groups excluding carboxylic acids is 1. The average molecular weight is 316 g/mol. The molecule has 0 bridgehead atoms. The summed E-state index contributed by atoms with van der Waals surface area (Å²) in [6.07, 6.45) is 0.162. The fourth-order valence-corrected chi connectivity index (χ4v) is 2.51. The Morgan fingerprint density at radius 3 is 2.74 bits per heavy atom. The van der Waals surface area contributed by atoms with Gasteiger partial charge in [0.05, 0.1) is 12.8 Å². The monoisotopic (exact) mass is 316 g/mol. The van der Waals surface area contributed by atoms with E-state index in [0.717, 1.165) is 11.3 Å². The van der Waals surface area contributed by atoms with Gasteiger partial charge in [-0.15, -0.1) is 0 Å². The summed E-state index contributed by atoms with van der Waals surface area (Å²) >= 11 is 0. The molecule has 0 saturated carbocycles. The molecule has 120 valence electrons. The predicted molar refractivity (Wildman–Crippen MR) is 82.1 cm³/mol. The molecule has 2 heterocycles. The second kappa shape index (κ2) is 6.09. The number of aromatic nitrogens is 2. The highest BCUT2D eigenvalue weighted by molar-refractivity contribution is 5.84. The number of nitrogens with one attached hydrogen (secondary N) is 3. The molecule has 1 unspecified atom stereocenters. The number of carboxylic acids is 1. The number of carboxylic acid groups (broad SMARTS) is 1. The van der Waals surface area contributed by atoms with Crippen molar-refractivity contribution in [3.05, 3.63) is 35.7 Å². The molecule has 1 aromatic carbocycles. The maximum atomic E-state index is 11.3. The van der Waals surface area contributed by atoms with Gasteiger partial charge in [-0.2, -0.15) is 0 Å². The van der Waals surface area contributed by atoms with Gasteiger partial charge < -0.3 is 14.8 Å². The van der Waals surface area contributed by atoms with Crippen LogP contribution in [0.15, 0.2) is 24.3 Å². The van der Waals surface area contributed by atoms with Crippen LogP contribution in [0.1, 0.15) is 17.4 Å². The highest BCUT2D eigenvalue weighted by atomic mass is 16.5. The van der Waals surface area contributed by atoms with Gasteiger partial charge in [0.2, 0.25) is 0 Å². The minimum atomic E-state index is -0.943. The number of amides is 1. The summed E-state index contributed by atoms with van der Waals surface area (Å²) in [4.78, 5) is 30.0. The number of hydrogen-bond donors (Lipinski definition) is 4. The van der Waals surface area contributed by atoms with Crippen molar-refractivity contribution in [2.45, 2.75) is 12.5 Å². The number of fused-ring (bicyclic) bond motifs is 1. The standard InChI is InChI=1S/C15H16N4O4/c1-23-15(22)17-9-4-2-8(3-5-9)13-18-10-6-7-16-12(14(20)21)11(10)19-13/h2-5,12,16H,6-7H2,1H3,(H,17,22)(H,18,19)(H,20,21). The molecule has 23 heavy (non-hydrogen) atoms. The molecule has 0 spiro atoms. The smallest absolute Gasteiger partial charge is 0.411 e. The first-order valence-electron chi connectivity index (χ1n) is 7.09. The lowest BCUT2D eigenvalue weighted by Gasteiger charge is -2.18. The third kappa shape index (κ3) is 3.02. The zero-order valence-corrected chi connectivity index (χ0v) is 12.4.